The molecule has 0 atom stereocenters. The van der Waals surface area contributed by atoms with E-state index in [1.165, 1.54) is 6.21 Å². The molecule has 0 spiro atoms. The number of phenolic OH excluding ortho intramolecular Hbond substituents is 1. The van der Waals surface area contributed by atoms with E-state index in [4.69, 9.17) is 4.74 Å². The third kappa shape index (κ3) is 5.93. The van der Waals surface area contributed by atoms with E-state index in [9.17, 15) is 9.90 Å². The second-order valence-electron chi connectivity index (χ2n) is 6.45. The first-order valence-electron chi connectivity index (χ1n) is 8.83. The number of aryl methyl sites for hydroxylation is 1. The zero-order chi connectivity index (χ0) is 21.7. The number of hydrogen-bond donors (Lipinski definition) is 2. The molecule has 154 valence electrons. The number of carbonyl (C=O) groups excluding carboxylic acids is 1. The smallest absolute Gasteiger partial charge is 0.271 e. The van der Waals surface area contributed by atoms with Crippen molar-refractivity contribution in [3.63, 3.8) is 0 Å². The first kappa shape index (κ1) is 22.5. The van der Waals surface area contributed by atoms with Crippen LogP contribution >= 0.6 is 47.8 Å². The van der Waals surface area contributed by atoms with E-state index in [0.717, 1.165) is 30.3 Å². The summed E-state index contributed by atoms with van der Waals surface area (Å²) >= 11 is 10.3. The predicted octanol–water partition coefficient (Wildman–Crippen LogP) is 6.33. The fraction of sp³-hybridized carbons (Fsp3) is 0.0909. The molecule has 0 unspecified atom stereocenters. The first-order chi connectivity index (χ1) is 14.3. The highest BCUT2D eigenvalue weighted by molar-refractivity contribution is 9.11. The van der Waals surface area contributed by atoms with Gasteiger partial charge in [-0.2, -0.15) is 5.10 Å². The molecule has 2 N–H and O–H groups in total. The number of aromatic hydroxyl groups is 1. The van der Waals surface area contributed by atoms with Crippen LogP contribution in [0, 0.1) is 6.92 Å². The van der Waals surface area contributed by atoms with Crippen LogP contribution in [0.25, 0.3) is 0 Å². The third-order valence-corrected chi connectivity index (χ3v) is 5.77. The normalized spacial score (nSPS) is 10.9. The van der Waals surface area contributed by atoms with Crippen molar-refractivity contribution in [1.29, 1.82) is 0 Å². The number of carbonyl (C=O) groups is 1. The van der Waals surface area contributed by atoms with Crippen molar-refractivity contribution >= 4 is 59.9 Å². The van der Waals surface area contributed by atoms with E-state index in [2.05, 4.69) is 58.3 Å². The molecule has 5 nitrogen and oxygen atoms in total. The summed E-state index contributed by atoms with van der Waals surface area (Å²) in [4.78, 5) is 12.3. The molecular formula is C22H17Br3N2O3. The molecule has 3 rings (SSSR count). The molecule has 30 heavy (non-hydrogen) atoms. The van der Waals surface area contributed by atoms with Gasteiger partial charge in [-0.05, 0) is 92.4 Å². The molecule has 0 aliphatic rings. The molecule has 0 heterocycles. The van der Waals surface area contributed by atoms with E-state index in [1.807, 2.05) is 31.2 Å². The van der Waals surface area contributed by atoms with Gasteiger partial charge in [0, 0.05) is 15.6 Å². The number of amides is 1. The van der Waals surface area contributed by atoms with Gasteiger partial charge in [-0.15, -0.1) is 0 Å². The monoisotopic (exact) mass is 594 g/mol. The van der Waals surface area contributed by atoms with Crippen LogP contribution in [0.3, 0.4) is 0 Å². The fourth-order valence-corrected chi connectivity index (χ4v) is 4.61. The summed E-state index contributed by atoms with van der Waals surface area (Å²) < 4.78 is 8.45. The van der Waals surface area contributed by atoms with E-state index < -0.39 is 0 Å². The highest BCUT2D eigenvalue weighted by Crippen LogP contribution is 2.35. The van der Waals surface area contributed by atoms with E-state index in [-0.39, 0.29) is 11.7 Å². The quantitative estimate of drug-likeness (QED) is 0.258. The Morgan fingerprint density at radius 1 is 1.07 bits per heavy atom. The maximum absolute atomic E-state index is 12.3. The van der Waals surface area contributed by atoms with Crippen LogP contribution in [-0.4, -0.2) is 17.2 Å². The van der Waals surface area contributed by atoms with Gasteiger partial charge < -0.3 is 9.84 Å². The SMILES string of the molecule is Cc1cc(Br)c(OCc2ccc(C(=O)NN=Cc3cc(Br)ccc3O)cc2)c(Br)c1. The Bertz CT molecular complexity index is 1080. The summed E-state index contributed by atoms with van der Waals surface area (Å²) in [5.41, 5.74) is 5.45. The lowest BCUT2D eigenvalue weighted by Crippen LogP contribution is -2.17. The van der Waals surface area contributed by atoms with Gasteiger partial charge >= 0.3 is 0 Å². The largest absolute Gasteiger partial charge is 0.507 e. The highest BCUT2D eigenvalue weighted by Gasteiger charge is 2.09. The van der Waals surface area contributed by atoms with E-state index >= 15 is 0 Å². The summed E-state index contributed by atoms with van der Waals surface area (Å²) in [6, 6.07) is 16.0. The standard InChI is InChI=1S/C22H17Br3N2O3/c1-13-8-18(24)21(19(25)9-13)30-12-14-2-4-15(5-3-14)22(29)27-26-11-16-10-17(23)6-7-20(16)28/h2-11,28H,12H2,1H3,(H,27,29). The molecule has 3 aromatic carbocycles. The van der Waals surface area contributed by atoms with Gasteiger partial charge in [0.15, 0.2) is 0 Å². The first-order valence-corrected chi connectivity index (χ1v) is 11.2. The lowest BCUT2D eigenvalue weighted by atomic mass is 10.1. The third-order valence-electron chi connectivity index (χ3n) is 4.10. The van der Waals surface area contributed by atoms with Crippen LogP contribution in [0.5, 0.6) is 11.5 Å². The Labute approximate surface area is 199 Å². The molecule has 0 aromatic heterocycles. The molecule has 0 bridgehead atoms. The average molecular weight is 597 g/mol. The fourth-order valence-electron chi connectivity index (χ4n) is 2.59. The number of nitrogens with one attached hydrogen (secondary N) is 1. The van der Waals surface area contributed by atoms with Crippen molar-refractivity contribution < 1.29 is 14.6 Å². The van der Waals surface area contributed by atoms with Crippen LogP contribution in [0.4, 0.5) is 0 Å². The molecule has 0 fully saturated rings. The van der Waals surface area contributed by atoms with Crippen LogP contribution in [0.2, 0.25) is 0 Å². The zero-order valence-corrected chi connectivity index (χ0v) is 20.6. The summed E-state index contributed by atoms with van der Waals surface area (Å²) in [5, 5.41) is 13.7. The number of ether oxygens (including phenoxy) is 1. The maximum atomic E-state index is 12.3. The minimum atomic E-state index is -0.350. The maximum Gasteiger partial charge on any atom is 0.271 e. The number of hydrazone groups is 1. The van der Waals surface area contributed by atoms with Crippen LogP contribution in [0.1, 0.15) is 27.0 Å². The average Bonchev–Trinajstić information content (AvgIpc) is 2.70. The van der Waals surface area contributed by atoms with Crippen molar-refractivity contribution in [1.82, 2.24) is 5.43 Å². The lowest BCUT2D eigenvalue weighted by Gasteiger charge is -2.11. The molecular weight excluding hydrogens is 580 g/mol. The van der Waals surface area contributed by atoms with Crippen LogP contribution in [-0.2, 0) is 6.61 Å². The minimum Gasteiger partial charge on any atom is -0.507 e. The van der Waals surface area contributed by atoms with E-state index in [1.54, 1.807) is 30.3 Å². The molecule has 0 saturated carbocycles. The Morgan fingerprint density at radius 2 is 1.73 bits per heavy atom. The number of phenols is 1. The molecule has 0 aliphatic carbocycles. The predicted molar refractivity (Wildman–Crippen MR) is 128 cm³/mol. The molecule has 8 heteroatoms. The molecule has 0 radical (unpaired) electrons. The summed E-state index contributed by atoms with van der Waals surface area (Å²) in [7, 11) is 0. The summed E-state index contributed by atoms with van der Waals surface area (Å²) in [6.07, 6.45) is 1.39. The Kier molecular flexibility index (Phi) is 7.69. The topological polar surface area (TPSA) is 70.9 Å². The van der Waals surface area contributed by atoms with Gasteiger partial charge in [0.1, 0.15) is 18.1 Å². The van der Waals surface area contributed by atoms with Gasteiger partial charge in [0.2, 0.25) is 0 Å². The number of benzene rings is 3. The van der Waals surface area contributed by atoms with Crippen molar-refractivity contribution in [2.45, 2.75) is 13.5 Å². The highest BCUT2D eigenvalue weighted by atomic mass is 79.9. The Hall–Kier alpha value is -2.16. The minimum absolute atomic E-state index is 0.0763. The number of halogens is 3. The number of hydrogen-bond acceptors (Lipinski definition) is 4. The molecule has 0 saturated heterocycles. The summed E-state index contributed by atoms with van der Waals surface area (Å²) in [5.74, 6) is 0.456. The van der Waals surface area contributed by atoms with Crippen LogP contribution in [0.15, 0.2) is 73.1 Å². The molecule has 1 amide bonds. The molecule has 0 aliphatic heterocycles. The van der Waals surface area contributed by atoms with Gasteiger partial charge in [0.25, 0.3) is 5.91 Å². The lowest BCUT2D eigenvalue weighted by molar-refractivity contribution is 0.0955. The second kappa shape index (κ2) is 10.2. The Morgan fingerprint density at radius 3 is 2.40 bits per heavy atom. The van der Waals surface area contributed by atoms with Crippen molar-refractivity contribution in [2.24, 2.45) is 5.10 Å². The van der Waals surface area contributed by atoms with Crippen molar-refractivity contribution in [2.75, 3.05) is 0 Å². The Balaban J connectivity index is 1.59. The van der Waals surface area contributed by atoms with E-state index in [0.29, 0.717) is 17.7 Å². The van der Waals surface area contributed by atoms with Gasteiger partial charge in [0.05, 0.1) is 15.2 Å². The van der Waals surface area contributed by atoms with Gasteiger partial charge in [-0.3, -0.25) is 4.79 Å². The van der Waals surface area contributed by atoms with Crippen molar-refractivity contribution in [3.05, 3.63) is 90.3 Å². The second-order valence-corrected chi connectivity index (χ2v) is 9.07. The van der Waals surface area contributed by atoms with Crippen LogP contribution < -0.4 is 10.2 Å². The number of nitrogens with zero attached hydrogens (tertiary/aromatic N) is 1. The van der Waals surface area contributed by atoms with Crippen molar-refractivity contribution in [3.8, 4) is 11.5 Å². The summed E-state index contributed by atoms with van der Waals surface area (Å²) in [6.45, 7) is 2.37. The zero-order valence-electron chi connectivity index (χ0n) is 15.8. The van der Waals surface area contributed by atoms with Gasteiger partial charge in [-0.1, -0.05) is 28.1 Å². The number of rotatable bonds is 6. The van der Waals surface area contributed by atoms with Gasteiger partial charge in [-0.25, -0.2) is 5.43 Å². The molecule has 3 aromatic rings.